The fourth-order valence-corrected chi connectivity index (χ4v) is 4.80. The largest absolute Gasteiger partial charge is 0.481 e. The van der Waals surface area contributed by atoms with Crippen LogP contribution in [0, 0.1) is 20.2 Å². The normalized spacial score (nSPS) is 10.7. The predicted octanol–water partition coefficient (Wildman–Crippen LogP) is 4.81. The number of methoxy groups -OCH3 is 4. The molecule has 0 aliphatic heterocycles. The van der Waals surface area contributed by atoms with E-state index in [1.54, 1.807) is 13.8 Å². The number of rotatable bonds is 12. The van der Waals surface area contributed by atoms with Crippen LogP contribution in [0.3, 0.4) is 0 Å². The minimum absolute atomic E-state index is 0.0810. The summed E-state index contributed by atoms with van der Waals surface area (Å²) in [4.78, 5) is 54.7. The van der Waals surface area contributed by atoms with Gasteiger partial charge in [0, 0.05) is 22.3 Å². The van der Waals surface area contributed by atoms with Crippen LogP contribution in [0.25, 0.3) is 22.8 Å². The molecule has 15 heteroatoms. The van der Waals surface area contributed by atoms with Gasteiger partial charge in [0.25, 0.3) is 11.4 Å². The molecule has 15 nitrogen and oxygen atoms in total. The number of benzene rings is 2. The van der Waals surface area contributed by atoms with E-state index >= 15 is 0 Å². The number of nitrogens with zero attached hydrogens (tertiary/aromatic N) is 6. The number of carbonyl (C=O) groups excluding carboxylic acids is 1. The van der Waals surface area contributed by atoms with Crippen molar-refractivity contribution in [2.24, 2.45) is 0 Å². The summed E-state index contributed by atoms with van der Waals surface area (Å²) in [6.07, 6.45) is 0.234. The number of hydrogen-bond donors (Lipinski definition) is 0. The summed E-state index contributed by atoms with van der Waals surface area (Å²) < 4.78 is 20.8. The molecule has 0 atom stereocenters. The molecule has 228 valence electrons. The van der Waals surface area contributed by atoms with E-state index in [0.29, 0.717) is 0 Å². The first-order valence-corrected chi connectivity index (χ1v) is 13.2. The fraction of sp³-hybridized carbons (Fsp3) is 0.276. The minimum atomic E-state index is -0.904. The summed E-state index contributed by atoms with van der Waals surface area (Å²) in [7, 11) is 5.60. The van der Waals surface area contributed by atoms with Gasteiger partial charge < -0.3 is 18.9 Å². The van der Waals surface area contributed by atoms with E-state index in [0.717, 1.165) is 0 Å². The van der Waals surface area contributed by atoms with Crippen molar-refractivity contribution in [3.8, 4) is 46.3 Å². The first kappa shape index (κ1) is 31.2. The Morgan fingerprint density at radius 1 is 0.636 bits per heavy atom. The summed E-state index contributed by atoms with van der Waals surface area (Å²) in [6, 6.07) is 8.30. The van der Waals surface area contributed by atoms with Crippen LogP contribution in [0.1, 0.15) is 40.9 Å². The molecule has 0 aliphatic rings. The number of nitro groups is 2. The van der Waals surface area contributed by atoms with Crippen LogP contribution in [0.5, 0.6) is 23.5 Å². The van der Waals surface area contributed by atoms with Crippen molar-refractivity contribution in [2.45, 2.75) is 26.7 Å². The molecule has 0 radical (unpaired) electrons. The van der Waals surface area contributed by atoms with Crippen LogP contribution < -0.4 is 18.9 Å². The molecule has 2 aromatic carbocycles. The molecule has 0 amide bonds. The zero-order valence-electron chi connectivity index (χ0n) is 24.7. The van der Waals surface area contributed by atoms with Gasteiger partial charge in [-0.15, -0.1) is 0 Å². The van der Waals surface area contributed by atoms with Crippen molar-refractivity contribution in [3.05, 3.63) is 78.9 Å². The zero-order chi connectivity index (χ0) is 32.1. The predicted molar refractivity (Wildman–Crippen MR) is 157 cm³/mol. The maximum Gasteiger partial charge on any atom is 0.284 e. The van der Waals surface area contributed by atoms with Crippen molar-refractivity contribution >= 4 is 17.2 Å². The van der Waals surface area contributed by atoms with Gasteiger partial charge in [0.15, 0.2) is 11.6 Å². The second-order valence-corrected chi connectivity index (χ2v) is 9.08. The fourth-order valence-electron chi connectivity index (χ4n) is 4.80. The minimum Gasteiger partial charge on any atom is -0.481 e. The van der Waals surface area contributed by atoms with Gasteiger partial charge in [0.2, 0.25) is 29.3 Å². The van der Waals surface area contributed by atoms with Crippen LogP contribution >= 0.6 is 0 Å². The number of ether oxygens (including phenoxy) is 4. The molecule has 2 aromatic heterocycles. The average Bonchev–Trinajstić information content (AvgIpc) is 3.05. The zero-order valence-corrected chi connectivity index (χ0v) is 24.7. The number of ketones is 1. The lowest BCUT2D eigenvalue weighted by atomic mass is 9.90. The number of aromatic nitrogens is 4. The van der Waals surface area contributed by atoms with Crippen molar-refractivity contribution in [2.75, 3.05) is 28.4 Å². The van der Waals surface area contributed by atoms with Crippen LogP contribution in [-0.4, -0.2) is 64.0 Å². The van der Waals surface area contributed by atoms with Gasteiger partial charge in [-0.25, -0.2) is 0 Å². The maximum absolute atomic E-state index is 14.0. The van der Waals surface area contributed by atoms with Crippen molar-refractivity contribution in [1.29, 1.82) is 0 Å². The molecule has 0 spiro atoms. The molecule has 4 rings (SSSR count). The Morgan fingerprint density at radius 3 is 1.20 bits per heavy atom. The highest BCUT2D eigenvalue weighted by atomic mass is 16.6. The summed E-state index contributed by atoms with van der Waals surface area (Å²) >= 11 is 0. The van der Waals surface area contributed by atoms with Gasteiger partial charge in [0.1, 0.15) is 11.1 Å². The van der Waals surface area contributed by atoms with Crippen LogP contribution in [-0.2, 0) is 12.8 Å². The second-order valence-electron chi connectivity index (χ2n) is 9.08. The lowest BCUT2D eigenvalue weighted by molar-refractivity contribution is -0.386. The Hall–Kier alpha value is -5.73. The topological polar surface area (TPSA) is 192 Å². The van der Waals surface area contributed by atoms with E-state index < -0.39 is 27.0 Å². The molecule has 0 N–H and O–H groups in total. The quantitative estimate of drug-likeness (QED) is 0.122. The number of hydrogen-bond acceptors (Lipinski definition) is 13. The third-order valence-electron chi connectivity index (χ3n) is 6.80. The number of carbonyl (C=O) groups is 1. The van der Waals surface area contributed by atoms with Gasteiger partial charge in [0.05, 0.1) is 50.4 Å². The van der Waals surface area contributed by atoms with Gasteiger partial charge in [-0.05, 0) is 37.1 Å². The summed E-state index contributed by atoms with van der Waals surface area (Å²) in [5.41, 5.74) is -0.834. The molecule has 0 bridgehead atoms. The first-order valence-electron chi connectivity index (χ1n) is 13.2. The van der Waals surface area contributed by atoms with E-state index in [1.807, 2.05) is 0 Å². The second kappa shape index (κ2) is 13.1. The third-order valence-corrected chi connectivity index (χ3v) is 6.80. The Morgan fingerprint density at radius 2 is 0.955 bits per heavy atom. The smallest absolute Gasteiger partial charge is 0.284 e. The SMILES string of the molecule is CCc1c(-c2nc(OC)cc(OC)n2)ccc(C(=O)c2ccc(-c3nc(OC)cc(OC)n3)c(CC)c2[N+](=O)[O-])c1[N+](=O)[O-]. The van der Waals surface area contributed by atoms with Crippen molar-refractivity contribution < 1.29 is 33.6 Å². The molecule has 0 unspecified atom stereocenters. The van der Waals surface area contributed by atoms with E-state index in [1.165, 1.54) is 64.8 Å². The number of nitro benzene ring substituents is 2. The third kappa shape index (κ3) is 5.79. The van der Waals surface area contributed by atoms with E-state index in [2.05, 4.69) is 19.9 Å². The van der Waals surface area contributed by atoms with Gasteiger partial charge in [-0.3, -0.25) is 25.0 Å². The Kier molecular flexibility index (Phi) is 9.26. The summed E-state index contributed by atoms with van der Waals surface area (Å²) in [5.74, 6) is -0.0854. The maximum atomic E-state index is 14.0. The highest BCUT2D eigenvalue weighted by Gasteiger charge is 2.34. The highest BCUT2D eigenvalue weighted by Crippen LogP contribution is 2.39. The van der Waals surface area contributed by atoms with Crippen LogP contribution in [0.4, 0.5) is 11.4 Å². The molecule has 4 aromatic rings. The Balaban J connectivity index is 1.95. The summed E-state index contributed by atoms with van der Waals surface area (Å²) in [5, 5.41) is 24.9. The van der Waals surface area contributed by atoms with Crippen LogP contribution in [0.15, 0.2) is 36.4 Å². The van der Waals surface area contributed by atoms with E-state index in [-0.39, 0.29) is 81.4 Å². The molecule has 0 fully saturated rings. The average molecular weight is 605 g/mol. The first-order chi connectivity index (χ1) is 21.1. The van der Waals surface area contributed by atoms with Gasteiger partial charge in [-0.2, -0.15) is 19.9 Å². The molecule has 0 saturated carbocycles. The molecular weight excluding hydrogens is 576 g/mol. The molecule has 44 heavy (non-hydrogen) atoms. The lowest BCUT2D eigenvalue weighted by Gasteiger charge is -2.14. The molecule has 0 saturated heterocycles. The van der Waals surface area contributed by atoms with Crippen LogP contribution in [0.2, 0.25) is 0 Å². The standard InChI is InChI=1S/C29H28N6O9/c1-7-15-17(28-30-21(41-3)13-22(31-28)42-4)9-11-19(25(15)34(37)38)27(36)20-12-10-18(16(8-2)26(20)35(39)40)29-32-23(43-5)14-24(33-29)44-6/h9-14H,7-8H2,1-6H3. The molecule has 2 heterocycles. The molecule has 0 aliphatic carbocycles. The van der Waals surface area contributed by atoms with Gasteiger partial charge >= 0.3 is 0 Å². The van der Waals surface area contributed by atoms with E-state index in [4.69, 9.17) is 18.9 Å². The van der Waals surface area contributed by atoms with Crippen molar-refractivity contribution in [3.63, 3.8) is 0 Å². The Labute approximate surface area is 251 Å². The lowest BCUT2D eigenvalue weighted by Crippen LogP contribution is -2.13. The van der Waals surface area contributed by atoms with Gasteiger partial charge in [-0.1, -0.05) is 13.8 Å². The highest BCUT2D eigenvalue weighted by molar-refractivity contribution is 6.15. The van der Waals surface area contributed by atoms with Crippen molar-refractivity contribution in [1.82, 2.24) is 19.9 Å². The molecular formula is C29H28N6O9. The Bertz CT molecular complexity index is 1610. The monoisotopic (exact) mass is 604 g/mol. The van der Waals surface area contributed by atoms with E-state index in [9.17, 15) is 25.0 Å². The summed E-state index contributed by atoms with van der Waals surface area (Å²) in [6.45, 7) is 3.35.